The average Bonchev–Trinajstić information content (AvgIpc) is 3.15. The van der Waals surface area contributed by atoms with Crippen LogP contribution in [0.25, 0.3) is 11.1 Å². The lowest BCUT2D eigenvalue weighted by molar-refractivity contribution is -0.122. The number of nitriles is 1. The van der Waals surface area contributed by atoms with Gasteiger partial charge in [0.2, 0.25) is 18.7 Å². The maximum Gasteiger partial charge on any atom is 0.236 e. The highest BCUT2D eigenvalue weighted by atomic mass is 19.1. The fourth-order valence-electron chi connectivity index (χ4n) is 3.59. The van der Waals surface area contributed by atoms with Crippen LogP contribution in [0.2, 0.25) is 0 Å². The van der Waals surface area contributed by atoms with E-state index in [1.165, 1.54) is 11.6 Å². The first-order valence-corrected chi connectivity index (χ1v) is 18.0. The number of carbonyl (C=O) groups is 3. The zero-order valence-electron chi connectivity index (χ0n) is 34.0. The van der Waals surface area contributed by atoms with E-state index in [-0.39, 0.29) is 17.5 Å². The molecule has 3 N–H and O–H groups in total. The van der Waals surface area contributed by atoms with Gasteiger partial charge in [0.25, 0.3) is 0 Å². The van der Waals surface area contributed by atoms with E-state index in [2.05, 4.69) is 41.1 Å². The molecule has 3 aromatic rings. The second kappa shape index (κ2) is 36.7. The van der Waals surface area contributed by atoms with Crippen LogP contribution in [0.5, 0.6) is 0 Å². The van der Waals surface area contributed by atoms with Crippen LogP contribution in [0.3, 0.4) is 0 Å². The molecule has 286 valence electrons. The molecule has 1 atom stereocenters. The van der Waals surface area contributed by atoms with Gasteiger partial charge in [-0.3, -0.25) is 14.4 Å². The van der Waals surface area contributed by atoms with E-state index in [4.69, 9.17) is 5.26 Å². The number of halogens is 1. The molecule has 0 aliphatic rings. The summed E-state index contributed by atoms with van der Waals surface area (Å²) in [5, 5.41) is 17.4. The third-order valence-corrected chi connectivity index (χ3v) is 6.16. The number of benzene rings is 3. The predicted molar refractivity (Wildman–Crippen MR) is 215 cm³/mol. The van der Waals surface area contributed by atoms with E-state index in [0.29, 0.717) is 37.5 Å². The second-order valence-corrected chi connectivity index (χ2v) is 10.9. The molecule has 3 aromatic carbocycles. The van der Waals surface area contributed by atoms with Crippen LogP contribution in [-0.2, 0) is 14.4 Å². The minimum absolute atomic E-state index is 0.00481. The lowest BCUT2D eigenvalue weighted by atomic mass is 9.97. The van der Waals surface area contributed by atoms with Crippen molar-refractivity contribution in [1.29, 1.82) is 5.26 Å². The van der Waals surface area contributed by atoms with Crippen LogP contribution < -0.4 is 16.0 Å². The summed E-state index contributed by atoms with van der Waals surface area (Å²) < 4.78 is 13.5. The van der Waals surface area contributed by atoms with Crippen LogP contribution >= 0.6 is 0 Å². The molecule has 0 aliphatic heterocycles. The Kier molecular flexibility index (Phi) is 38.3. The van der Waals surface area contributed by atoms with Crippen molar-refractivity contribution in [2.75, 3.05) is 33.2 Å². The molecule has 0 saturated carbocycles. The van der Waals surface area contributed by atoms with Crippen LogP contribution in [-0.4, -0.2) is 62.9 Å². The van der Waals surface area contributed by atoms with Gasteiger partial charge in [-0.1, -0.05) is 133 Å². The topological polar surface area (TPSA) is 114 Å². The summed E-state index contributed by atoms with van der Waals surface area (Å²) >= 11 is 0. The molecule has 51 heavy (non-hydrogen) atoms. The lowest BCUT2D eigenvalue weighted by Crippen LogP contribution is -2.45. The number of hydrogen-bond donors (Lipinski definition) is 3. The molecule has 8 nitrogen and oxygen atoms in total. The standard InChI is InChI=1S/C15H12FN.C10H21N3O2.C7H8.C4H9NO.3C2H6/c1-10-6-11(2)8-12(7-10)13-4-3-5-15(16)14(13)9-17;1-8(2)6-13-10(15)9(3)12-5-4-11-7-14;1-7-5-3-2-4-6-7;1-3-5(2)4-6;3*1-2/h3-8H,1-2H3;7-9,12H,4-6H2,1-3H3,(H,11,14)(H,13,15);2-6H,1H3;4H,3H2,1-2H3;3*1-2H3. The molecular formula is C42H68FN5O3. The minimum atomic E-state index is -0.468. The number of nitrogens with zero attached hydrogens (tertiary/aromatic N) is 2. The molecular weight excluding hydrogens is 641 g/mol. The van der Waals surface area contributed by atoms with Crippen molar-refractivity contribution in [2.24, 2.45) is 5.92 Å². The lowest BCUT2D eigenvalue weighted by Gasteiger charge is -2.14. The zero-order valence-corrected chi connectivity index (χ0v) is 34.0. The third kappa shape index (κ3) is 28.9. The molecule has 1 unspecified atom stereocenters. The first kappa shape index (κ1) is 53.2. The monoisotopic (exact) mass is 710 g/mol. The molecule has 0 spiro atoms. The first-order valence-electron chi connectivity index (χ1n) is 18.0. The first-order chi connectivity index (χ1) is 24.4. The Labute approximate surface area is 310 Å². The fraction of sp³-hybridized carbons (Fsp3) is 0.476. The van der Waals surface area contributed by atoms with E-state index >= 15 is 0 Å². The smallest absolute Gasteiger partial charge is 0.236 e. The van der Waals surface area contributed by atoms with E-state index < -0.39 is 5.82 Å². The van der Waals surface area contributed by atoms with Crippen molar-refractivity contribution in [2.45, 2.75) is 96.1 Å². The molecule has 0 aliphatic carbocycles. The van der Waals surface area contributed by atoms with Crippen molar-refractivity contribution in [3.63, 3.8) is 0 Å². The Morgan fingerprint density at radius 3 is 1.78 bits per heavy atom. The molecule has 0 heterocycles. The molecule has 3 amide bonds. The van der Waals surface area contributed by atoms with Gasteiger partial charge in [-0.25, -0.2) is 4.39 Å². The van der Waals surface area contributed by atoms with Crippen molar-refractivity contribution in [3.05, 3.63) is 94.8 Å². The second-order valence-electron chi connectivity index (χ2n) is 10.9. The molecule has 0 aromatic heterocycles. The van der Waals surface area contributed by atoms with E-state index in [0.717, 1.165) is 29.6 Å². The number of amides is 3. The molecule has 0 saturated heterocycles. The van der Waals surface area contributed by atoms with Gasteiger partial charge in [0.05, 0.1) is 11.6 Å². The average molecular weight is 710 g/mol. The van der Waals surface area contributed by atoms with Crippen molar-refractivity contribution in [3.8, 4) is 17.2 Å². The summed E-state index contributed by atoms with van der Waals surface area (Å²) in [6.45, 7) is 28.5. The van der Waals surface area contributed by atoms with Crippen molar-refractivity contribution in [1.82, 2.24) is 20.9 Å². The van der Waals surface area contributed by atoms with Gasteiger partial charge in [-0.2, -0.15) is 5.26 Å². The summed E-state index contributed by atoms with van der Waals surface area (Å²) in [4.78, 5) is 32.6. The highest BCUT2D eigenvalue weighted by Crippen LogP contribution is 2.27. The van der Waals surface area contributed by atoms with Gasteiger partial charge in [0.15, 0.2) is 0 Å². The van der Waals surface area contributed by atoms with Crippen LogP contribution in [0.15, 0.2) is 66.7 Å². The predicted octanol–water partition coefficient (Wildman–Crippen LogP) is 8.63. The van der Waals surface area contributed by atoms with Crippen LogP contribution in [0, 0.1) is 43.8 Å². The number of rotatable bonds is 11. The molecule has 9 heteroatoms. The quantitative estimate of drug-likeness (QED) is 0.136. The Hall–Kier alpha value is -4.55. The summed E-state index contributed by atoms with van der Waals surface area (Å²) in [7, 11) is 1.74. The summed E-state index contributed by atoms with van der Waals surface area (Å²) in [6.07, 6.45) is 1.45. The van der Waals surface area contributed by atoms with E-state index in [1.807, 2.05) is 113 Å². The van der Waals surface area contributed by atoms with Crippen LogP contribution in [0.4, 0.5) is 4.39 Å². The summed E-state index contributed by atoms with van der Waals surface area (Å²) in [6, 6.07) is 22.6. The van der Waals surface area contributed by atoms with Crippen LogP contribution in [0.1, 0.15) is 91.5 Å². The summed E-state index contributed by atoms with van der Waals surface area (Å²) in [5.74, 6) is -0.0168. The Balaban J connectivity index is -0.000000294. The van der Waals surface area contributed by atoms with Gasteiger partial charge >= 0.3 is 0 Å². The number of nitrogens with one attached hydrogen (secondary N) is 3. The molecule has 0 fully saturated rings. The number of carbonyl (C=O) groups excluding carboxylic acids is 3. The molecule has 0 bridgehead atoms. The van der Waals surface area contributed by atoms with E-state index in [1.54, 1.807) is 31.0 Å². The Morgan fingerprint density at radius 2 is 1.39 bits per heavy atom. The largest absolute Gasteiger partial charge is 0.357 e. The van der Waals surface area contributed by atoms with Gasteiger partial charge in [0, 0.05) is 38.8 Å². The Bertz CT molecular complexity index is 1310. The van der Waals surface area contributed by atoms with Gasteiger partial charge in [-0.05, 0) is 52.2 Å². The van der Waals surface area contributed by atoms with Crippen molar-refractivity contribution >= 4 is 18.7 Å². The molecule has 0 radical (unpaired) electrons. The normalized spacial score (nSPS) is 9.39. The molecule has 3 rings (SSSR count). The van der Waals surface area contributed by atoms with Gasteiger partial charge in [0.1, 0.15) is 11.9 Å². The maximum absolute atomic E-state index is 13.5. The van der Waals surface area contributed by atoms with E-state index in [9.17, 15) is 18.8 Å². The maximum atomic E-state index is 13.5. The SMILES string of the molecule is CC.CC.CC.CC(C)CNC(=O)C(C)NCCNC=O.CCN(C)C=O.Cc1cc(C)cc(-c2cccc(F)c2C#N)c1.Cc1ccccc1. The van der Waals surface area contributed by atoms with Crippen molar-refractivity contribution < 1.29 is 18.8 Å². The third-order valence-electron chi connectivity index (χ3n) is 6.16. The van der Waals surface area contributed by atoms with Gasteiger partial charge in [-0.15, -0.1) is 0 Å². The number of aryl methyl sites for hydroxylation is 3. The highest BCUT2D eigenvalue weighted by Gasteiger charge is 2.11. The summed E-state index contributed by atoms with van der Waals surface area (Å²) in [5.41, 5.74) is 5.18. The van der Waals surface area contributed by atoms with Gasteiger partial charge < -0.3 is 20.9 Å². The zero-order chi connectivity index (χ0) is 40.2. The fourth-order valence-corrected chi connectivity index (χ4v) is 3.59. The number of hydrogen-bond acceptors (Lipinski definition) is 5. The highest BCUT2D eigenvalue weighted by molar-refractivity contribution is 5.81. The Morgan fingerprint density at radius 1 is 0.843 bits per heavy atom. The minimum Gasteiger partial charge on any atom is -0.357 e.